The number of amides is 1. The number of aromatic nitrogens is 1. The lowest BCUT2D eigenvalue weighted by atomic mass is 10.1. The molecule has 1 aromatic heterocycles. The van der Waals surface area contributed by atoms with Gasteiger partial charge in [-0.05, 0) is 25.3 Å². The third-order valence-corrected chi connectivity index (χ3v) is 4.22. The topological polar surface area (TPSA) is 101 Å². The Hall–Kier alpha value is -3.29. The van der Waals surface area contributed by atoms with Gasteiger partial charge in [-0.25, -0.2) is 4.68 Å². The normalized spacial score (nSPS) is 11.9. The molecule has 2 aromatic rings. The highest BCUT2D eigenvalue weighted by Crippen LogP contribution is 2.18. The molecule has 8 heteroatoms. The Labute approximate surface area is 156 Å². The largest absolute Gasteiger partial charge is 0.465 e. The van der Waals surface area contributed by atoms with Gasteiger partial charge in [-0.2, -0.15) is 0 Å². The van der Waals surface area contributed by atoms with Crippen molar-refractivity contribution in [1.29, 1.82) is 0 Å². The summed E-state index contributed by atoms with van der Waals surface area (Å²) in [6.07, 6.45) is 1.42. The number of aryl methyl sites for hydroxylation is 2. The lowest BCUT2D eigenvalue weighted by molar-refractivity contribution is -0.141. The zero-order chi connectivity index (χ0) is 19.2. The van der Waals surface area contributed by atoms with Crippen LogP contribution in [0.3, 0.4) is 0 Å². The van der Waals surface area contributed by atoms with E-state index in [4.69, 9.17) is 4.74 Å². The monoisotopic (exact) mass is 370 g/mol. The van der Waals surface area contributed by atoms with Gasteiger partial charge in [0.2, 0.25) is 0 Å². The van der Waals surface area contributed by atoms with E-state index in [1.165, 1.54) is 11.6 Å². The van der Waals surface area contributed by atoms with E-state index in [0.29, 0.717) is 18.9 Å². The molecule has 8 nitrogen and oxygen atoms in total. The molecule has 142 valence electrons. The fourth-order valence-corrected chi connectivity index (χ4v) is 2.98. The van der Waals surface area contributed by atoms with Crippen molar-refractivity contribution in [3.63, 3.8) is 0 Å². The molecule has 0 saturated heterocycles. The Morgan fingerprint density at radius 1 is 1.22 bits per heavy atom. The van der Waals surface area contributed by atoms with E-state index >= 15 is 0 Å². The number of benzene rings is 1. The number of rotatable bonds is 7. The Bertz CT molecular complexity index is 893. The Morgan fingerprint density at radius 3 is 2.74 bits per heavy atom. The first kappa shape index (κ1) is 18.5. The average molecular weight is 370 g/mol. The molecule has 0 bridgehead atoms. The van der Waals surface area contributed by atoms with Crippen molar-refractivity contribution in [3.05, 3.63) is 63.4 Å². The second-order valence-electron chi connectivity index (χ2n) is 6.04. The first-order valence-corrected chi connectivity index (χ1v) is 8.84. The number of nitrogens with one attached hydrogen (secondary N) is 3. The zero-order valence-corrected chi connectivity index (χ0v) is 15.1. The van der Waals surface area contributed by atoms with Crippen LogP contribution in [-0.4, -0.2) is 36.4 Å². The number of nitrogens with zero attached hydrogens (tertiary/aromatic N) is 1. The molecule has 1 amide bonds. The van der Waals surface area contributed by atoms with Crippen LogP contribution in [-0.2, 0) is 22.4 Å². The molecular formula is C19H22N4O4. The third-order valence-electron chi connectivity index (χ3n) is 4.22. The van der Waals surface area contributed by atoms with Gasteiger partial charge in [-0.15, -0.1) is 0 Å². The van der Waals surface area contributed by atoms with E-state index in [1.54, 1.807) is 11.6 Å². The molecule has 27 heavy (non-hydrogen) atoms. The maximum atomic E-state index is 12.6. The molecule has 0 spiro atoms. The molecule has 1 aromatic carbocycles. The lowest BCUT2D eigenvalue weighted by Crippen LogP contribution is -2.35. The highest BCUT2D eigenvalue weighted by molar-refractivity contribution is 6.00. The molecule has 3 N–H and O–H groups in total. The number of carbonyl (C=O) groups is 2. The van der Waals surface area contributed by atoms with Crippen LogP contribution in [0.5, 0.6) is 0 Å². The van der Waals surface area contributed by atoms with Gasteiger partial charge in [-0.3, -0.25) is 14.4 Å². The molecule has 0 fully saturated rings. The van der Waals surface area contributed by atoms with Crippen LogP contribution in [0.1, 0.15) is 28.5 Å². The average Bonchev–Trinajstić information content (AvgIpc) is 3.15. The van der Waals surface area contributed by atoms with Gasteiger partial charge in [0, 0.05) is 11.8 Å². The van der Waals surface area contributed by atoms with Crippen molar-refractivity contribution in [3.8, 4) is 0 Å². The predicted molar refractivity (Wildman–Crippen MR) is 101 cm³/mol. The first-order valence-electron chi connectivity index (χ1n) is 8.84. The van der Waals surface area contributed by atoms with Crippen LogP contribution >= 0.6 is 0 Å². The fraction of sp³-hybridized carbons (Fsp3) is 0.316. The lowest BCUT2D eigenvalue weighted by Gasteiger charge is -2.14. The smallest absolute Gasteiger partial charge is 0.325 e. The molecular weight excluding hydrogens is 348 g/mol. The van der Waals surface area contributed by atoms with Gasteiger partial charge >= 0.3 is 5.97 Å². The molecule has 0 saturated carbocycles. The third kappa shape index (κ3) is 4.28. The van der Waals surface area contributed by atoms with Gasteiger partial charge in [-0.1, -0.05) is 30.3 Å². The summed E-state index contributed by atoms with van der Waals surface area (Å²) < 4.78 is 6.50. The Balaban J connectivity index is 1.79. The van der Waals surface area contributed by atoms with E-state index in [9.17, 15) is 14.4 Å². The molecule has 0 aliphatic carbocycles. The standard InChI is InChI=1S/C19H22N4O4/c1-2-27-16(25)11-20-19(26)17-15(24)10-14(23-18(17)21-12-22-23)9-8-13-6-4-3-5-7-13/h3-7,10,21-22H,2,8-9,11-12H2,1H3,(H,20,26). The van der Waals surface area contributed by atoms with Crippen molar-refractivity contribution in [2.75, 3.05) is 30.6 Å². The van der Waals surface area contributed by atoms with Crippen LogP contribution in [0.4, 0.5) is 5.82 Å². The van der Waals surface area contributed by atoms with Gasteiger partial charge in [0.1, 0.15) is 24.6 Å². The van der Waals surface area contributed by atoms with Crippen LogP contribution < -0.4 is 21.5 Å². The quantitative estimate of drug-likeness (QED) is 0.625. The van der Waals surface area contributed by atoms with Gasteiger partial charge in [0.25, 0.3) is 5.91 Å². The summed E-state index contributed by atoms with van der Waals surface area (Å²) in [5.74, 6) is -0.748. The van der Waals surface area contributed by atoms with Crippen molar-refractivity contribution < 1.29 is 14.3 Å². The highest BCUT2D eigenvalue weighted by Gasteiger charge is 2.24. The number of pyridine rings is 1. The summed E-state index contributed by atoms with van der Waals surface area (Å²) in [5, 5.41) is 5.45. The minimum Gasteiger partial charge on any atom is -0.465 e. The molecule has 0 atom stereocenters. The summed E-state index contributed by atoms with van der Waals surface area (Å²) in [5.41, 5.74) is 4.65. The summed E-state index contributed by atoms with van der Waals surface area (Å²) in [4.78, 5) is 36.4. The second kappa shape index (κ2) is 8.39. The number of anilines is 1. The van der Waals surface area contributed by atoms with Crippen molar-refractivity contribution in [2.45, 2.75) is 19.8 Å². The van der Waals surface area contributed by atoms with Crippen LogP contribution in [0.2, 0.25) is 0 Å². The van der Waals surface area contributed by atoms with Crippen LogP contribution in [0, 0.1) is 0 Å². The summed E-state index contributed by atoms with van der Waals surface area (Å²) in [6.45, 7) is 2.03. The second-order valence-corrected chi connectivity index (χ2v) is 6.04. The maximum absolute atomic E-state index is 12.6. The van der Waals surface area contributed by atoms with E-state index in [-0.39, 0.29) is 24.1 Å². The molecule has 0 radical (unpaired) electrons. The molecule has 0 unspecified atom stereocenters. The summed E-state index contributed by atoms with van der Waals surface area (Å²) in [6, 6.07) is 11.4. The van der Waals surface area contributed by atoms with Crippen molar-refractivity contribution in [1.82, 2.24) is 9.99 Å². The van der Waals surface area contributed by atoms with Crippen LogP contribution in [0.25, 0.3) is 0 Å². The number of ether oxygens (including phenoxy) is 1. The molecule has 3 rings (SSSR count). The number of carbonyl (C=O) groups excluding carboxylic acids is 2. The van der Waals surface area contributed by atoms with E-state index in [0.717, 1.165) is 12.1 Å². The molecule has 1 aliphatic rings. The predicted octanol–water partition coefficient (Wildman–Crippen LogP) is 0.853. The maximum Gasteiger partial charge on any atom is 0.325 e. The van der Waals surface area contributed by atoms with Gasteiger partial charge < -0.3 is 20.8 Å². The molecule has 2 heterocycles. The van der Waals surface area contributed by atoms with E-state index < -0.39 is 11.9 Å². The van der Waals surface area contributed by atoms with Gasteiger partial charge in [0.05, 0.1) is 6.61 Å². The van der Waals surface area contributed by atoms with Gasteiger partial charge in [0.15, 0.2) is 5.43 Å². The number of fused-ring (bicyclic) bond motifs is 1. The fourth-order valence-electron chi connectivity index (χ4n) is 2.98. The summed E-state index contributed by atoms with van der Waals surface area (Å²) >= 11 is 0. The number of hydrogen-bond acceptors (Lipinski definition) is 6. The SMILES string of the molecule is CCOC(=O)CNC(=O)c1c2n(c(CCc3ccccc3)cc1=O)NCN2. The van der Waals surface area contributed by atoms with Crippen LogP contribution in [0.15, 0.2) is 41.2 Å². The Kier molecular flexibility index (Phi) is 5.75. The number of hydrogen-bond donors (Lipinski definition) is 3. The molecule has 1 aliphatic heterocycles. The number of esters is 1. The minimum atomic E-state index is -0.609. The van der Waals surface area contributed by atoms with Crippen molar-refractivity contribution in [2.24, 2.45) is 0 Å². The minimum absolute atomic E-state index is 0.0206. The zero-order valence-electron chi connectivity index (χ0n) is 15.1. The van der Waals surface area contributed by atoms with E-state index in [1.807, 2.05) is 30.3 Å². The summed E-state index contributed by atoms with van der Waals surface area (Å²) in [7, 11) is 0. The van der Waals surface area contributed by atoms with Crippen molar-refractivity contribution >= 4 is 17.7 Å². The first-order chi connectivity index (χ1) is 13.1. The highest BCUT2D eigenvalue weighted by atomic mass is 16.5. The van der Waals surface area contributed by atoms with E-state index in [2.05, 4.69) is 16.1 Å². The Morgan fingerprint density at radius 2 is 2.00 bits per heavy atom.